The van der Waals surface area contributed by atoms with Crippen LogP contribution < -0.4 is 21.3 Å². The number of amides is 4. The van der Waals surface area contributed by atoms with E-state index in [1.165, 1.54) is 6.07 Å². The highest BCUT2D eigenvalue weighted by molar-refractivity contribution is 8.00. The van der Waals surface area contributed by atoms with Crippen LogP contribution in [0.25, 0.3) is 0 Å². The number of benzene rings is 1. The Balaban J connectivity index is 1.01. The van der Waals surface area contributed by atoms with Gasteiger partial charge in [-0.15, -0.1) is 0 Å². The minimum Gasteiger partial charge on any atom is -0.391 e. The molecule has 1 aromatic carbocycles. The quantitative estimate of drug-likeness (QED) is 0.247. The number of fused-ring (bicyclic) bond motifs is 1. The third-order valence-corrected chi connectivity index (χ3v) is 7.98. The summed E-state index contributed by atoms with van der Waals surface area (Å²) in [7, 11) is 0. The molecule has 0 radical (unpaired) electrons. The van der Waals surface area contributed by atoms with Crippen LogP contribution in [0.15, 0.2) is 23.4 Å². The predicted octanol–water partition coefficient (Wildman–Crippen LogP) is 2.20. The van der Waals surface area contributed by atoms with Gasteiger partial charge in [0.25, 0.3) is 0 Å². The number of oxime groups is 1. The van der Waals surface area contributed by atoms with Crippen LogP contribution in [0, 0.1) is 11.6 Å². The van der Waals surface area contributed by atoms with Crippen molar-refractivity contribution in [1.82, 2.24) is 21.3 Å². The molecule has 0 aliphatic carbocycles. The zero-order valence-electron chi connectivity index (χ0n) is 19.9. The first-order chi connectivity index (χ1) is 17.4. The van der Waals surface area contributed by atoms with Gasteiger partial charge >= 0.3 is 6.03 Å². The van der Waals surface area contributed by atoms with Crippen LogP contribution >= 0.6 is 11.8 Å². The first kappa shape index (κ1) is 26.2. The summed E-state index contributed by atoms with van der Waals surface area (Å²) in [6.07, 6.45) is 3.59. The first-order valence-corrected chi connectivity index (χ1v) is 13.3. The van der Waals surface area contributed by atoms with E-state index in [0.29, 0.717) is 36.9 Å². The van der Waals surface area contributed by atoms with Gasteiger partial charge in [-0.2, -0.15) is 11.8 Å². The summed E-state index contributed by atoms with van der Waals surface area (Å²) < 4.78 is 27.0. The van der Waals surface area contributed by atoms with Crippen LogP contribution in [0.5, 0.6) is 0 Å². The molecule has 3 aliphatic heterocycles. The highest BCUT2D eigenvalue weighted by Crippen LogP contribution is 2.33. The molecule has 4 N–H and O–H groups in total. The number of hydrogen-bond acceptors (Lipinski definition) is 6. The minimum absolute atomic E-state index is 0.00817. The summed E-state index contributed by atoms with van der Waals surface area (Å²) in [5, 5.41) is 15.8. The molecule has 0 saturated carbocycles. The fraction of sp³-hybridized carbons (Fsp3) is 0.583. The van der Waals surface area contributed by atoms with Crippen molar-refractivity contribution in [3.8, 4) is 0 Å². The van der Waals surface area contributed by atoms with Gasteiger partial charge in [0.05, 0.1) is 24.2 Å². The molecule has 36 heavy (non-hydrogen) atoms. The van der Waals surface area contributed by atoms with Crippen molar-refractivity contribution in [2.45, 2.75) is 68.4 Å². The Morgan fingerprint density at radius 1 is 1.11 bits per heavy atom. The first-order valence-electron chi connectivity index (χ1n) is 12.3. The summed E-state index contributed by atoms with van der Waals surface area (Å²) in [5.41, 5.74) is 0.516. The Hall–Kier alpha value is -2.89. The second-order valence-electron chi connectivity index (χ2n) is 9.22. The van der Waals surface area contributed by atoms with Crippen molar-refractivity contribution < 1.29 is 28.0 Å². The zero-order chi connectivity index (χ0) is 25.5. The van der Waals surface area contributed by atoms with E-state index < -0.39 is 17.7 Å². The number of unbranched alkanes of at least 4 members (excludes halogenated alkanes) is 1. The molecule has 0 aromatic heterocycles. The van der Waals surface area contributed by atoms with Crippen LogP contribution in [0.1, 0.15) is 50.5 Å². The molecule has 0 bridgehead atoms. The van der Waals surface area contributed by atoms with Gasteiger partial charge in [-0.1, -0.05) is 11.6 Å². The van der Waals surface area contributed by atoms with Gasteiger partial charge < -0.3 is 26.1 Å². The van der Waals surface area contributed by atoms with Crippen LogP contribution in [0.3, 0.4) is 0 Å². The summed E-state index contributed by atoms with van der Waals surface area (Å²) in [6.45, 7) is 0.878. The predicted molar refractivity (Wildman–Crippen MR) is 132 cm³/mol. The summed E-state index contributed by atoms with van der Waals surface area (Å²) in [5.74, 6) is -0.677. The number of carbonyl (C=O) groups is 3. The van der Waals surface area contributed by atoms with Crippen LogP contribution in [0.2, 0.25) is 0 Å². The number of halogens is 2. The highest BCUT2D eigenvalue weighted by atomic mass is 32.2. The molecule has 2 fully saturated rings. The Morgan fingerprint density at radius 3 is 2.72 bits per heavy atom. The normalized spacial score (nSPS) is 24.4. The molecule has 0 spiro atoms. The van der Waals surface area contributed by atoms with E-state index in [2.05, 4.69) is 26.4 Å². The monoisotopic (exact) mass is 523 g/mol. The zero-order valence-corrected chi connectivity index (χ0v) is 20.7. The van der Waals surface area contributed by atoms with E-state index >= 15 is 0 Å². The molecular weight excluding hydrogens is 492 g/mol. The van der Waals surface area contributed by atoms with E-state index in [9.17, 15) is 23.2 Å². The Morgan fingerprint density at radius 2 is 1.92 bits per heavy atom. The maximum atomic E-state index is 13.9. The fourth-order valence-corrected chi connectivity index (χ4v) is 6.15. The highest BCUT2D eigenvalue weighted by Gasteiger charge is 2.42. The van der Waals surface area contributed by atoms with Crippen LogP contribution in [0.4, 0.5) is 13.6 Å². The van der Waals surface area contributed by atoms with Crippen molar-refractivity contribution in [2.75, 3.05) is 18.8 Å². The Labute approximate surface area is 212 Å². The van der Waals surface area contributed by atoms with Gasteiger partial charge in [0.2, 0.25) is 11.8 Å². The van der Waals surface area contributed by atoms with E-state index in [-0.39, 0.29) is 48.3 Å². The summed E-state index contributed by atoms with van der Waals surface area (Å²) >= 11 is 1.87. The van der Waals surface area contributed by atoms with Gasteiger partial charge in [-0.05, 0) is 31.4 Å². The molecule has 12 heteroatoms. The summed E-state index contributed by atoms with van der Waals surface area (Å²) in [6, 6.07) is 3.58. The molecule has 196 valence electrons. The number of urea groups is 1. The molecule has 1 aromatic rings. The molecule has 3 aliphatic rings. The van der Waals surface area contributed by atoms with Crippen molar-refractivity contribution in [3.63, 3.8) is 0 Å². The van der Waals surface area contributed by atoms with Crippen LogP contribution in [-0.2, 0) is 14.4 Å². The number of carbonyl (C=O) groups excluding carboxylic acids is 3. The molecule has 4 amide bonds. The number of nitrogens with one attached hydrogen (secondary N) is 4. The van der Waals surface area contributed by atoms with Gasteiger partial charge in [-0.25, -0.2) is 13.6 Å². The van der Waals surface area contributed by atoms with Crippen molar-refractivity contribution in [3.05, 3.63) is 35.4 Å². The standard InChI is InChI=1S/C24H31F2N5O4S/c25-14-6-7-16(17(26)10-14)18-11-15(35-31-18)12-22(33)28-9-3-8-27-21(32)5-2-1-4-20-23-19(13-36-20)29-24(34)30-23/h6-7,10,15,19-20,23H,1-5,8-9,11-13H2,(H,27,32)(H,28,33)(H2,29,30,34)/t15?,19-,20?,23-/m0/s1. The second kappa shape index (κ2) is 12.4. The smallest absolute Gasteiger partial charge is 0.315 e. The van der Waals surface area contributed by atoms with Gasteiger partial charge in [0, 0.05) is 48.6 Å². The second-order valence-corrected chi connectivity index (χ2v) is 10.5. The van der Waals surface area contributed by atoms with Gasteiger partial charge in [0.1, 0.15) is 17.7 Å². The molecule has 2 unspecified atom stereocenters. The van der Waals surface area contributed by atoms with E-state index in [0.717, 1.165) is 37.1 Å². The van der Waals surface area contributed by atoms with Crippen molar-refractivity contribution in [2.24, 2.45) is 5.16 Å². The van der Waals surface area contributed by atoms with E-state index in [4.69, 9.17) is 4.84 Å². The maximum Gasteiger partial charge on any atom is 0.315 e. The number of hydrogen-bond donors (Lipinski definition) is 4. The average molecular weight is 524 g/mol. The lowest BCUT2D eigenvalue weighted by Gasteiger charge is -2.16. The molecule has 4 rings (SSSR count). The van der Waals surface area contributed by atoms with Crippen molar-refractivity contribution in [1.29, 1.82) is 0 Å². The van der Waals surface area contributed by atoms with E-state index in [1.807, 2.05) is 11.8 Å². The molecular formula is C24H31F2N5O4S. The third-order valence-electron chi connectivity index (χ3n) is 6.47. The number of rotatable bonds is 12. The molecule has 3 heterocycles. The SMILES string of the molecule is O=C(CCCCC1SC[C@@H]2NC(=O)N[C@H]12)NCCCNC(=O)CC1CC(c2ccc(F)cc2F)=NO1. The minimum atomic E-state index is -0.716. The number of nitrogens with zero attached hydrogens (tertiary/aromatic N) is 1. The van der Waals surface area contributed by atoms with E-state index in [1.54, 1.807) is 0 Å². The largest absolute Gasteiger partial charge is 0.391 e. The third kappa shape index (κ3) is 7.08. The number of thioether (sulfide) groups is 1. The topological polar surface area (TPSA) is 121 Å². The van der Waals surface area contributed by atoms with Gasteiger partial charge in [0.15, 0.2) is 0 Å². The lowest BCUT2D eigenvalue weighted by Crippen LogP contribution is -2.36. The molecule has 2 saturated heterocycles. The average Bonchev–Trinajstić information content (AvgIpc) is 3.53. The maximum absolute atomic E-state index is 13.9. The lowest BCUT2D eigenvalue weighted by atomic mass is 10.0. The van der Waals surface area contributed by atoms with Crippen molar-refractivity contribution >= 4 is 35.3 Å². The van der Waals surface area contributed by atoms with Gasteiger partial charge in [-0.3, -0.25) is 9.59 Å². The fourth-order valence-electron chi connectivity index (χ4n) is 4.61. The molecule has 4 atom stereocenters. The Kier molecular flexibility index (Phi) is 9.00. The molecule has 9 nitrogen and oxygen atoms in total. The van der Waals surface area contributed by atoms with Crippen LogP contribution in [-0.4, -0.2) is 65.8 Å². The summed E-state index contributed by atoms with van der Waals surface area (Å²) in [4.78, 5) is 40.8. The lowest BCUT2D eigenvalue weighted by molar-refractivity contribution is -0.123. The Bertz CT molecular complexity index is 1010.